The molecule has 0 aliphatic carbocycles. The summed E-state index contributed by atoms with van der Waals surface area (Å²) in [5, 5.41) is 11.1. The highest BCUT2D eigenvalue weighted by Crippen LogP contribution is 2.39. The highest BCUT2D eigenvalue weighted by molar-refractivity contribution is 6.04. The van der Waals surface area contributed by atoms with Gasteiger partial charge in [0.2, 0.25) is 11.8 Å². The average Bonchev–Trinajstić information content (AvgIpc) is 3.86. The lowest BCUT2D eigenvalue weighted by molar-refractivity contribution is -0.117. The molecule has 2 aliphatic rings. The number of anilines is 3. The van der Waals surface area contributed by atoms with Gasteiger partial charge in [-0.15, -0.1) is 0 Å². The number of aromatic nitrogens is 2. The van der Waals surface area contributed by atoms with Crippen LogP contribution in [0.5, 0.6) is 5.75 Å². The Hall–Kier alpha value is -6.67. The summed E-state index contributed by atoms with van der Waals surface area (Å²) < 4.78 is 6.51. The van der Waals surface area contributed by atoms with Crippen molar-refractivity contribution in [3.05, 3.63) is 174 Å². The maximum absolute atomic E-state index is 13.1. The normalized spacial score (nSPS) is 16.4. The van der Waals surface area contributed by atoms with Crippen molar-refractivity contribution >= 4 is 39.8 Å². The lowest BCUT2D eigenvalue weighted by Crippen LogP contribution is -2.29. The fraction of sp³-hybridized carbons (Fsp3) is 0.152. The summed E-state index contributed by atoms with van der Waals surface area (Å²) in [5.41, 5.74) is 11.0. The molecule has 0 spiro atoms. The number of pyridine rings is 1. The van der Waals surface area contributed by atoms with Crippen LogP contribution in [0.4, 0.5) is 17.1 Å². The summed E-state index contributed by atoms with van der Waals surface area (Å²) >= 11 is 0. The van der Waals surface area contributed by atoms with E-state index in [1.54, 1.807) is 6.20 Å². The highest BCUT2D eigenvalue weighted by Gasteiger charge is 2.32. The number of carbonyl (C=O) groups excluding carboxylic acids is 2. The number of amides is 2. The van der Waals surface area contributed by atoms with E-state index in [0.29, 0.717) is 31.6 Å². The number of para-hydroxylation sites is 1. The number of hydrogen-bond donors (Lipinski definition) is 4. The van der Waals surface area contributed by atoms with Crippen LogP contribution in [0, 0.1) is 0 Å². The first-order valence-corrected chi connectivity index (χ1v) is 18.4. The quantitative estimate of drug-likeness (QED) is 0.101. The SMILES string of the molecule is O=C1Nc2ccc(N[C@H](COc3cncc(-c4ccc5c(c4)C(Cc4ccccc4)C(=O)N5)c3)Cc3c[nH]c4ccccc34)cc2C1Cc1ccccc1. The smallest absolute Gasteiger partial charge is 0.232 e. The summed E-state index contributed by atoms with van der Waals surface area (Å²) in [5.74, 6) is 0.180. The maximum atomic E-state index is 13.1. The molecule has 8 heteroatoms. The molecule has 5 aromatic carbocycles. The fourth-order valence-corrected chi connectivity index (χ4v) is 7.83. The van der Waals surface area contributed by atoms with Gasteiger partial charge in [-0.3, -0.25) is 14.6 Å². The van der Waals surface area contributed by atoms with E-state index in [4.69, 9.17) is 4.74 Å². The fourth-order valence-electron chi connectivity index (χ4n) is 7.83. The van der Waals surface area contributed by atoms with Crippen LogP contribution in [-0.4, -0.2) is 34.4 Å². The number of rotatable bonds is 12. The first-order valence-electron chi connectivity index (χ1n) is 18.4. The van der Waals surface area contributed by atoms with Crippen LogP contribution in [0.15, 0.2) is 146 Å². The Bertz CT molecular complexity index is 2480. The molecule has 2 unspecified atom stereocenters. The monoisotopic (exact) mass is 709 g/mol. The minimum atomic E-state index is -0.261. The van der Waals surface area contributed by atoms with Gasteiger partial charge in [-0.05, 0) is 95.1 Å². The average molecular weight is 710 g/mol. The standard InChI is InChI=1S/C46H39N5O3/c52-45-40(19-29-9-3-1-4-10-29)38-23-31(15-17-43(38)50-45)32-22-36(27-47-25-32)54-28-35(21-33-26-48-42-14-8-7-13-37(33)42)49-34-16-18-44-39(24-34)41(46(53)51-44)20-30-11-5-2-6-12-30/h1-18,22-27,35,40-41,48-49H,19-21,28H2,(H,50,52)(H,51,53)/t35-,40?,41?/m0/s1. The molecule has 9 rings (SSSR count). The minimum Gasteiger partial charge on any atom is -0.490 e. The third-order valence-corrected chi connectivity index (χ3v) is 10.6. The van der Waals surface area contributed by atoms with E-state index in [-0.39, 0.29) is 29.7 Å². The molecule has 0 fully saturated rings. The van der Waals surface area contributed by atoms with Gasteiger partial charge in [0.1, 0.15) is 12.4 Å². The molecule has 0 saturated carbocycles. The van der Waals surface area contributed by atoms with Crippen molar-refractivity contribution in [3.63, 3.8) is 0 Å². The van der Waals surface area contributed by atoms with E-state index in [2.05, 4.69) is 86.7 Å². The molecule has 3 atom stereocenters. The maximum Gasteiger partial charge on any atom is 0.232 e. The van der Waals surface area contributed by atoms with E-state index < -0.39 is 0 Å². The molecule has 0 bridgehead atoms. The van der Waals surface area contributed by atoms with Crippen molar-refractivity contribution in [2.45, 2.75) is 37.1 Å². The number of hydrogen-bond acceptors (Lipinski definition) is 5. The Morgan fingerprint density at radius 3 is 2.04 bits per heavy atom. The van der Waals surface area contributed by atoms with Crippen molar-refractivity contribution in [1.29, 1.82) is 0 Å². The molecule has 2 amide bonds. The Kier molecular flexibility index (Phi) is 8.84. The van der Waals surface area contributed by atoms with Crippen LogP contribution in [0.2, 0.25) is 0 Å². The summed E-state index contributed by atoms with van der Waals surface area (Å²) in [6.07, 6.45) is 7.62. The van der Waals surface area contributed by atoms with Gasteiger partial charge in [-0.25, -0.2) is 0 Å². The van der Waals surface area contributed by atoms with Crippen LogP contribution in [0.25, 0.3) is 22.0 Å². The van der Waals surface area contributed by atoms with Crippen molar-refractivity contribution in [2.75, 3.05) is 22.6 Å². The molecule has 2 aliphatic heterocycles. The summed E-state index contributed by atoms with van der Waals surface area (Å²) in [4.78, 5) is 34.0. The number of nitrogens with zero attached hydrogens (tertiary/aromatic N) is 1. The zero-order valence-corrected chi connectivity index (χ0v) is 29.6. The van der Waals surface area contributed by atoms with Crippen LogP contribution >= 0.6 is 0 Å². The molecule has 0 saturated heterocycles. The third-order valence-electron chi connectivity index (χ3n) is 10.6. The number of fused-ring (bicyclic) bond motifs is 3. The van der Waals surface area contributed by atoms with Crippen molar-refractivity contribution in [3.8, 4) is 16.9 Å². The van der Waals surface area contributed by atoms with Gasteiger partial charge in [0.15, 0.2) is 0 Å². The first kappa shape index (κ1) is 33.2. The topological polar surface area (TPSA) is 108 Å². The van der Waals surface area contributed by atoms with Crippen LogP contribution in [0.1, 0.15) is 39.7 Å². The number of aromatic amines is 1. The molecule has 4 N–H and O–H groups in total. The summed E-state index contributed by atoms with van der Waals surface area (Å²) in [6, 6.07) is 42.7. The molecule has 54 heavy (non-hydrogen) atoms. The van der Waals surface area contributed by atoms with Gasteiger partial charge in [0.05, 0.1) is 24.1 Å². The second-order valence-corrected chi connectivity index (χ2v) is 14.2. The van der Waals surface area contributed by atoms with Crippen LogP contribution in [-0.2, 0) is 28.9 Å². The van der Waals surface area contributed by atoms with Gasteiger partial charge in [0.25, 0.3) is 0 Å². The van der Waals surface area contributed by atoms with E-state index in [1.807, 2.05) is 79.0 Å². The molecule has 266 valence electrons. The Labute approximate surface area is 313 Å². The molecule has 8 nitrogen and oxygen atoms in total. The largest absolute Gasteiger partial charge is 0.490 e. The van der Waals surface area contributed by atoms with Gasteiger partial charge in [-0.2, -0.15) is 0 Å². The predicted molar refractivity (Wildman–Crippen MR) is 214 cm³/mol. The number of nitrogens with one attached hydrogen (secondary N) is 4. The zero-order chi connectivity index (χ0) is 36.4. The number of ether oxygens (including phenoxy) is 1. The Balaban J connectivity index is 0.959. The van der Waals surface area contributed by atoms with Crippen molar-refractivity contribution in [2.24, 2.45) is 0 Å². The zero-order valence-electron chi connectivity index (χ0n) is 29.6. The molecular formula is C46H39N5O3. The lowest BCUT2D eigenvalue weighted by Gasteiger charge is -2.21. The van der Waals surface area contributed by atoms with Crippen LogP contribution < -0.4 is 20.7 Å². The lowest BCUT2D eigenvalue weighted by atomic mass is 9.91. The second-order valence-electron chi connectivity index (χ2n) is 14.2. The summed E-state index contributed by atoms with van der Waals surface area (Å²) in [7, 11) is 0. The minimum absolute atomic E-state index is 0.0212. The van der Waals surface area contributed by atoms with Gasteiger partial charge in [-0.1, -0.05) is 84.9 Å². The number of carbonyl (C=O) groups is 2. The molecule has 4 heterocycles. The van der Waals surface area contributed by atoms with E-state index in [9.17, 15) is 9.59 Å². The van der Waals surface area contributed by atoms with E-state index in [1.165, 1.54) is 10.9 Å². The van der Waals surface area contributed by atoms with E-state index >= 15 is 0 Å². The molecule has 0 radical (unpaired) electrons. The first-order chi connectivity index (χ1) is 26.5. The molecular weight excluding hydrogens is 671 g/mol. The second kappa shape index (κ2) is 14.4. The van der Waals surface area contributed by atoms with Crippen molar-refractivity contribution in [1.82, 2.24) is 9.97 Å². The van der Waals surface area contributed by atoms with Crippen molar-refractivity contribution < 1.29 is 14.3 Å². The Morgan fingerprint density at radius 2 is 1.31 bits per heavy atom. The van der Waals surface area contributed by atoms with Gasteiger partial charge >= 0.3 is 0 Å². The molecule has 7 aromatic rings. The summed E-state index contributed by atoms with van der Waals surface area (Å²) in [6.45, 7) is 0.369. The van der Waals surface area contributed by atoms with E-state index in [0.717, 1.165) is 56.0 Å². The Morgan fingerprint density at radius 1 is 0.667 bits per heavy atom. The van der Waals surface area contributed by atoms with Gasteiger partial charge in [0, 0.05) is 45.9 Å². The number of H-pyrrole nitrogens is 1. The highest BCUT2D eigenvalue weighted by atomic mass is 16.5. The number of benzene rings is 5. The van der Waals surface area contributed by atoms with Gasteiger partial charge < -0.3 is 25.7 Å². The third kappa shape index (κ3) is 6.81. The molecule has 2 aromatic heterocycles. The van der Waals surface area contributed by atoms with Crippen LogP contribution in [0.3, 0.4) is 0 Å². The predicted octanol–water partition coefficient (Wildman–Crippen LogP) is 8.89.